The number of nitrogens with zero attached hydrogens (tertiary/aromatic N) is 1. The number of aromatic nitrogens is 2. The molecule has 5 nitrogen and oxygen atoms in total. The summed E-state index contributed by atoms with van der Waals surface area (Å²) in [6.45, 7) is 4.16. The van der Waals surface area contributed by atoms with Crippen molar-refractivity contribution in [3.05, 3.63) is 20.8 Å². The first-order valence-electron chi connectivity index (χ1n) is 7.82. The van der Waals surface area contributed by atoms with Crippen molar-refractivity contribution in [3.8, 4) is 0 Å². The van der Waals surface area contributed by atoms with Crippen molar-refractivity contribution in [2.24, 2.45) is 5.92 Å². The minimum absolute atomic E-state index is 0.0933. The molecule has 1 aliphatic carbocycles. The standard InChI is InChI=1S/C16H20N2O3S2/c1-4-10(15(20)21-3)23-16-17-13(19)12-9-6-5-8(2)7-11(9)22-14(12)18-16/h8,10H,4-7H2,1-3H3,(H,17,18,19)/t8-,10-/m1/s1. The highest BCUT2D eigenvalue weighted by atomic mass is 32.2. The lowest BCUT2D eigenvalue weighted by atomic mass is 9.89. The molecule has 7 heteroatoms. The zero-order valence-electron chi connectivity index (χ0n) is 13.5. The van der Waals surface area contributed by atoms with Crippen LogP contribution < -0.4 is 5.56 Å². The number of ether oxygens (including phenoxy) is 1. The molecule has 0 aliphatic heterocycles. The molecule has 0 unspecified atom stereocenters. The normalized spacial score (nSPS) is 18.7. The topological polar surface area (TPSA) is 72.0 Å². The number of hydrogen-bond donors (Lipinski definition) is 1. The summed E-state index contributed by atoms with van der Waals surface area (Å²) >= 11 is 2.88. The van der Waals surface area contributed by atoms with Gasteiger partial charge in [-0.3, -0.25) is 9.59 Å². The van der Waals surface area contributed by atoms with Gasteiger partial charge in [0.1, 0.15) is 10.1 Å². The molecule has 0 spiro atoms. The van der Waals surface area contributed by atoms with Crippen LogP contribution in [0.4, 0.5) is 0 Å². The van der Waals surface area contributed by atoms with E-state index in [4.69, 9.17) is 4.74 Å². The van der Waals surface area contributed by atoms with E-state index in [0.717, 1.165) is 29.5 Å². The quantitative estimate of drug-likeness (QED) is 0.520. The summed E-state index contributed by atoms with van der Waals surface area (Å²) in [6.07, 6.45) is 3.72. The van der Waals surface area contributed by atoms with Crippen molar-refractivity contribution in [1.29, 1.82) is 0 Å². The van der Waals surface area contributed by atoms with Gasteiger partial charge in [0.25, 0.3) is 5.56 Å². The smallest absolute Gasteiger partial charge is 0.319 e. The Morgan fingerprint density at radius 3 is 3.04 bits per heavy atom. The Morgan fingerprint density at radius 2 is 2.35 bits per heavy atom. The van der Waals surface area contributed by atoms with Gasteiger partial charge in [0, 0.05) is 4.88 Å². The van der Waals surface area contributed by atoms with E-state index in [1.807, 2.05) is 6.92 Å². The predicted molar refractivity (Wildman–Crippen MR) is 93.4 cm³/mol. The second kappa shape index (κ2) is 6.65. The van der Waals surface area contributed by atoms with Crippen LogP contribution in [0.25, 0.3) is 10.2 Å². The van der Waals surface area contributed by atoms with Gasteiger partial charge in [-0.2, -0.15) is 0 Å². The lowest BCUT2D eigenvalue weighted by Gasteiger charge is -2.17. The second-order valence-electron chi connectivity index (χ2n) is 5.94. The number of esters is 1. The van der Waals surface area contributed by atoms with Crippen LogP contribution in [-0.2, 0) is 22.4 Å². The first-order chi connectivity index (χ1) is 11.0. The molecule has 0 saturated carbocycles. The minimum Gasteiger partial charge on any atom is -0.468 e. The average Bonchev–Trinajstić information content (AvgIpc) is 2.89. The van der Waals surface area contributed by atoms with Crippen LogP contribution in [0, 0.1) is 5.92 Å². The maximum atomic E-state index is 12.5. The third-order valence-corrected chi connectivity index (χ3v) is 6.61. The van der Waals surface area contributed by atoms with Crippen LogP contribution in [0.2, 0.25) is 0 Å². The minimum atomic E-state index is -0.352. The molecule has 3 rings (SSSR count). The van der Waals surface area contributed by atoms with Crippen molar-refractivity contribution >= 4 is 39.3 Å². The highest BCUT2D eigenvalue weighted by Crippen LogP contribution is 2.36. The summed E-state index contributed by atoms with van der Waals surface area (Å²) in [5.41, 5.74) is 1.08. The molecule has 2 heterocycles. The van der Waals surface area contributed by atoms with Gasteiger partial charge in [-0.15, -0.1) is 11.3 Å². The summed E-state index contributed by atoms with van der Waals surface area (Å²) in [5, 5.41) is 0.883. The molecule has 2 aromatic rings. The van der Waals surface area contributed by atoms with Gasteiger partial charge in [0.2, 0.25) is 0 Å². The summed E-state index contributed by atoms with van der Waals surface area (Å²) in [5.74, 6) is 0.367. The molecule has 2 aromatic heterocycles. The number of aromatic amines is 1. The molecule has 1 N–H and O–H groups in total. The van der Waals surface area contributed by atoms with Gasteiger partial charge >= 0.3 is 5.97 Å². The van der Waals surface area contributed by atoms with Crippen LogP contribution in [0.1, 0.15) is 37.1 Å². The molecule has 0 aromatic carbocycles. The number of thiophene rings is 1. The van der Waals surface area contributed by atoms with E-state index in [1.165, 1.54) is 29.3 Å². The number of carbonyl (C=O) groups is 1. The molecular formula is C16H20N2O3S2. The van der Waals surface area contributed by atoms with E-state index in [-0.39, 0.29) is 16.8 Å². The zero-order valence-corrected chi connectivity index (χ0v) is 15.1. The van der Waals surface area contributed by atoms with E-state index in [2.05, 4.69) is 16.9 Å². The SMILES string of the molecule is CC[C@@H](Sc1nc2sc3c(c2c(=O)[nH]1)CC[C@@H](C)C3)C(=O)OC. The molecule has 1 aliphatic rings. The van der Waals surface area contributed by atoms with Crippen LogP contribution in [0.15, 0.2) is 9.95 Å². The highest BCUT2D eigenvalue weighted by Gasteiger charge is 2.24. The largest absolute Gasteiger partial charge is 0.468 e. The molecule has 0 amide bonds. The number of rotatable bonds is 4. The van der Waals surface area contributed by atoms with Crippen LogP contribution in [0.5, 0.6) is 0 Å². The van der Waals surface area contributed by atoms with Gasteiger partial charge < -0.3 is 9.72 Å². The number of methoxy groups -OCH3 is 1. The Morgan fingerprint density at radius 1 is 1.57 bits per heavy atom. The Kier molecular flexibility index (Phi) is 4.77. The highest BCUT2D eigenvalue weighted by molar-refractivity contribution is 8.00. The Balaban J connectivity index is 1.99. The molecule has 0 saturated heterocycles. The number of H-pyrrole nitrogens is 1. The Bertz CT molecular complexity index is 796. The van der Waals surface area contributed by atoms with Crippen LogP contribution in [-0.4, -0.2) is 28.3 Å². The first-order valence-corrected chi connectivity index (χ1v) is 9.52. The van der Waals surface area contributed by atoms with E-state index < -0.39 is 0 Å². The fourth-order valence-corrected chi connectivity index (χ4v) is 5.31. The molecule has 2 atom stereocenters. The van der Waals surface area contributed by atoms with Crippen molar-refractivity contribution in [3.63, 3.8) is 0 Å². The maximum absolute atomic E-state index is 12.5. The average molecular weight is 352 g/mol. The second-order valence-corrected chi connectivity index (χ2v) is 8.22. The fourth-order valence-electron chi connectivity index (χ4n) is 2.95. The van der Waals surface area contributed by atoms with E-state index >= 15 is 0 Å². The summed E-state index contributed by atoms with van der Waals surface area (Å²) in [6, 6.07) is 0. The van der Waals surface area contributed by atoms with Crippen molar-refractivity contribution < 1.29 is 9.53 Å². The molecule has 124 valence electrons. The first kappa shape index (κ1) is 16.5. The van der Waals surface area contributed by atoms with Gasteiger partial charge in [-0.25, -0.2) is 4.98 Å². The van der Waals surface area contributed by atoms with Crippen molar-refractivity contribution in [2.75, 3.05) is 7.11 Å². The maximum Gasteiger partial charge on any atom is 0.319 e. The number of carbonyl (C=O) groups excluding carboxylic acids is 1. The van der Waals surface area contributed by atoms with Gasteiger partial charge in [-0.1, -0.05) is 25.6 Å². The lowest BCUT2D eigenvalue weighted by Crippen LogP contribution is -2.19. The van der Waals surface area contributed by atoms with Gasteiger partial charge in [-0.05, 0) is 37.2 Å². The van der Waals surface area contributed by atoms with Gasteiger partial charge in [0.15, 0.2) is 5.16 Å². The van der Waals surface area contributed by atoms with Crippen molar-refractivity contribution in [1.82, 2.24) is 9.97 Å². The van der Waals surface area contributed by atoms with Crippen LogP contribution in [0.3, 0.4) is 0 Å². The van der Waals surface area contributed by atoms with E-state index in [9.17, 15) is 9.59 Å². The number of fused-ring (bicyclic) bond motifs is 3. The molecule has 0 bridgehead atoms. The molecule has 0 radical (unpaired) electrons. The number of nitrogens with one attached hydrogen (secondary N) is 1. The zero-order chi connectivity index (χ0) is 16.6. The number of thioether (sulfide) groups is 1. The van der Waals surface area contributed by atoms with Crippen molar-refractivity contribution in [2.45, 2.75) is 49.9 Å². The molecule has 23 heavy (non-hydrogen) atoms. The predicted octanol–water partition coefficient (Wildman–Crippen LogP) is 3.15. The Hall–Kier alpha value is -1.34. The fraction of sp³-hybridized carbons (Fsp3) is 0.562. The van der Waals surface area contributed by atoms with E-state index in [0.29, 0.717) is 17.5 Å². The molecular weight excluding hydrogens is 332 g/mol. The summed E-state index contributed by atoms with van der Waals surface area (Å²) in [4.78, 5) is 33.7. The lowest BCUT2D eigenvalue weighted by molar-refractivity contribution is -0.140. The Labute approximate surface area is 142 Å². The third-order valence-electron chi connectivity index (χ3n) is 4.23. The third kappa shape index (κ3) is 3.17. The van der Waals surface area contributed by atoms with E-state index in [1.54, 1.807) is 11.3 Å². The van der Waals surface area contributed by atoms with Gasteiger partial charge in [0.05, 0.1) is 12.5 Å². The molecule has 0 fully saturated rings. The number of aryl methyl sites for hydroxylation is 1. The monoisotopic (exact) mass is 352 g/mol. The summed E-state index contributed by atoms with van der Waals surface area (Å²) in [7, 11) is 1.37. The number of hydrogen-bond acceptors (Lipinski definition) is 6. The van der Waals surface area contributed by atoms with Crippen LogP contribution >= 0.6 is 23.1 Å². The summed E-state index contributed by atoms with van der Waals surface area (Å²) < 4.78 is 4.79.